The number of hydrogen-bond acceptors (Lipinski definition) is 1. The summed E-state index contributed by atoms with van der Waals surface area (Å²) in [7, 11) is 0. The Labute approximate surface area is 114 Å². The average molecular weight is 251 g/mol. The summed E-state index contributed by atoms with van der Waals surface area (Å²) in [4.78, 5) is 0. The number of hydrogen-bond donors (Lipinski definition) is 1. The highest BCUT2D eigenvalue weighted by Crippen LogP contribution is 2.43. The van der Waals surface area contributed by atoms with Crippen LogP contribution in [0.2, 0.25) is 0 Å². The van der Waals surface area contributed by atoms with E-state index in [2.05, 4.69) is 59.0 Å². The van der Waals surface area contributed by atoms with Gasteiger partial charge >= 0.3 is 0 Å². The monoisotopic (exact) mass is 251 g/mol. The van der Waals surface area contributed by atoms with Gasteiger partial charge in [0.05, 0.1) is 0 Å². The third kappa shape index (κ3) is 3.38. The lowest BCUT2D eigenvalue weighted by molar-refractivity contribution is 0.0941. The summed E-state index contributed by atoms with van der Waals surface area (Å²) in [6.45, 7) is 14.3. The third-order valence-corrected chi connectivity index (χ3v) is 5.35. The maximum atomic E-state index is 3.75. The molecule has 0 radical (unpaired) electrons. The standard InChI is InChI=1S/C17H33N/c1-7-9-12-17(6,15(5)13(3)8-2)16-11-10-14(4)18-16/h10-11,13-16,18H,7-9,12H2,1-6H3/t13-,14?,15+,16?,17?/m1/s1. The normalized spacial score (nSPS) is 30.1. The fraction of sp³-hybridized carbons (Fsp3) is 0.882. The van der Waals surface area contributed by atoms with Gasteiger partial charge in [-0.3, -0.25) is 0 Å². The van der Waals surface area contributed by atoms with Crippen LogP contribution >= 0.6 is 0 Å². The zero-order chi connectivity index (χ0) is 13.8. The molecule has 1 nitrogen and oxygen atoms in total. The molecule has 18 heavy (non-hydrogen) atoms. The van der Waals surface area contributed by atoms with Gasteiger partial charge in [-0.2, -0.15) is 0 Å². The van der Waals surface area contributed by atoms with Crippen LogP contribution < -0.4 is 5.32 Å². The van der Waals surface area contributed by atoms with Crippen molar-refractivity contribution < 1.29 is 0 Å². The van der Waals surface area contributed by atoms with Crippen LogP contribution in [0.3, 0.4) is 0 Å². The van der Waals surface area contributed by atoms with Crippen molar-refractivity contribution in [3.63, 3.8) is 0 Å². The summed E-state index contributed by atoms with van der Waals surface area (Å²) in [5.41, 5.74) is 0.396. The number of nitrogens with one attached hydrogen (secondary N) is 1. The van der Waals surface area contributed by atoms with Crippen LogP contribution in [0.1, 0.15) is 67.2 Å². The van der Waals surface area contributed by atoms with Crippen molar-refractivity contribution in [3.05, 3.63) is 12.2 Å². The van der Waals surface area contributed by atoms with Crippen LogP contribution in [-0.4, -0.2) is 12.1 Å². The van der Waals surface area contributed by atoms with Gasteiger partial charge in [0, 0.05) is 12.1 Å². The van der Waals surface area contributed by atoms with Gasteiger partial charge in [0.2, 0.25) is 0 Å². The summed E-state index contributed by atoms with van der Waals surface area (Å²) in [5, 5.41) is 3.75. The minimum absolute atomic E-state index is 0.396. The molecular formula is C17H33N. The molecule has 106 valence electrons. The predicted molar refractivity (Wildman–Crippen MR) is 81.8 cm³/mol. The quantitative estimate of drug-likeness (QED) is 0.642. The maximum Gasteiger partial charge on any atom is 0.0312 e. The number of rotatable bonds is 7. The van der Waals surface area contributed by atoms with Crippen molar-refractivity contribution in [2.75, 3.05) is 0 Å². The van der Waals surface area contributed by atoms with E-state index in [9.17, 15) is 0 Å². The van der Waals surface area contributed by atoms with Crippen LogP contribution in [0.15, 0.2) is 12.2 Å². The van der Waals surface area contributed by atoms with Crippen LogP contribution in [0.25, 0.3) is 0 Å². The van der Waals surface area contributed by atoms with Crippen molar-refractivity contribution in [1.82, 2.24) is 5.32 Å². The largest absolute Gasteiger partial charge is 0.304 e. The Morgan fingerprint density at radius 1 is 1.22 bits per heavy atom. The summed E-state index contributed by atoms with van der Waals surface area (Å²) in [6.07, 6.45) is 10.0. The Morgan fingerprint density at radius 2 is 1.89 bits per heavy atom. The SMILES string of the molecule is CCCCC(C)(C1C=CC(C)N1)[C@@H](C)[C@H](C)CC. The molecule has 0 spiro atoms. The van der Waals surface area contributed by atoms with E-state index in [1.807, 2.05) is 0 Å². The molecule has 3 unspecified atom stereocenters. The molecule has 1 aliphatic rings. The molecule has 0 saturated heterocycles. The second-order valence-corrected chi connectivity index (χ2v) is 6.60. The Bertz CT molecular complexity index is 271. The average Bonchev–Trinajstić information content (AvgIpc) is 2.81. The van der Waals surface area contributed by atoms with Crippen molar-refractivity contribution in [2.24, 2.45) is 17.3 Å². The highest BCUT2D eigenvalue weighted by Gasteiger charge is 2.40. The molecule has 0 bridgehead atoms. The third-order valence-electron chi connectivity index (χ3n) is 5.35. The summed E-state index contributed by atoms with van der Waals surface area (Å²) in [5.74, 6) is 1.57. The van der Waals surface area contributed by atoms with Gasteiger partial charge in [-0.1, -0.05) is 66.0 Å². The molecule has 1 heteroatoms. The van der Waals surface area contributed by atoms with Crippen LogP contribution in [-0.2, 0) is 0 Å². The minimum atomic E-state index is 0.396. The number of unbranched alkanes of at least 4 members (excludes halogenated alkanes) is 1. The molecule has 0 saturated carbocycles. The lowest BCUT2D eigenvalue weighted by atomic mass is 9.64. The van der Waals surface area contributed by atoms with Gasteiger partial charge in [-0.15, -0.1) is 0 Å². The van der Waals surface area contributed by atoms with Gasteiger partial charge in [0.25, 0.3) is 0 Å². The Hall–Kier alpha value is -0.300. The van der Waals surface area contributed by atoms with Crippen LogP contribution in [0.4, 0.5) is 0 Å². The van der Waals surface area contributed by atoms with Gasteiger partial charge < -0.3 is 5.32 Å². The Kier molecular flexibility index (Phi) is 5.91. The molecule has 1 N–H and O–H groups in total. The van der Waals surface area contributed by atoms with E-state index in [1.54, 1.807) is 0 Å². The van der Waals surface area contributed by atoms with Crippen LogP contribution in [0.5, 0.6) is 0 Å². The topological polar surface area (TPSA) is 12.0 Å². The molecule has 0 aromatic carbocycles. The predicted octanol–water partition coefficient (Wildman–Crippen LogP) is 4.78. The summed E-state index contributed by atoms with van der Waals surface area (Å²) >= 11 is 0. The van der Waals surface area contributed by atoms with Gasteiger partial charge in [0.15, 0.2) is 0 Å². The van der Waals surface area contributed by atoms with E-state index in [-0.39, 0.29) is 0 Å². The smallest absolute Gasteiger partial charge is 0.0312 e. The summed E-state index contributed by atoms with van der Waals surface area (Å²) < 4.78 is 0. The van der Waals surface area contributed by atoms with E-state index in [4.69, 9.17) is 0 Å². The van der Waals surface area contributed by atoms with Crippen molar-refractivity contribution in [3.8, 4) is 0 Å². The molecule has 5 atom stereocenters. The highest BCUT2D eigenvalue weighted by atomic mass is 15.0. The first-order valence-electron chi connectivity index (χ1n) is 7.90. The summed E-state index contributed by atoms with van der Waals surface area (Å²) in [6, 6.07) is 1.10. The molecule has 0 amide bonds. The first-order chi connectivity index (χ1) is 8.45. The van der Waals surface area contributed by atoms with E-state index >= 15 is 0 Å². The fourth-order valence-corrected chi connectivity index (χ4v) is 3.31. The van der Waals surface area contributed by atoms with Crippen molar-refractivity contribution in [2.45, 2.75) is 79.3 Å². The van der Waals surface area contributed by atoms with Gasteiger partial charge in [0.1, 0.15) is 0 Å². The van der Waals surface area contributed by atoms with E-state index < -0.39 is 0 Å². The van der Waals surface area contributed by atoms with E-state index in [0.29, 0.717) is 17.5 Å². The zero-order valence-electron chi connectivity index (χ0n) is 13.3. The Balaban J connectivity index is 2.84. The van der Waals surface area contributed by atoms with Crippen LogP contribution in [0, 0.1) is 17.3 Å². The van der Waals surface area contributed by atoms with Crippen molar-refractivity contribution in [1.29, 1.82) is 0 Å². The molecule has 1 rings (SSSR count). The lowest BCUT2D eigenvalue weighted by Gasteiger charge is -2.44. The molecular weight excluding hydrogens is 218 g/mol. The molecule has 0 aliphatic carbocycles. The first-order valence-corrected chi connectivity index (χ1v) is 7.90. The zero-order valence-corrected chi connectivity index (χ0v) is 13.3. The molecule has 1 aliphatic heterocycles. The Morgan fingerprint density at radius 3 is 2.33 bits per heavy atom. The highest BCUT2D eigenvalue weighted by molar-refractivity contribution is 5.13. The van der Waals surface area contributed by atoms with Gasteiger partial charge in [-0.25, -0.2) is 0 Å². The first kappa shape index (κ1) is 15.8. The fourth-order valence-electron chi connectivity index (χ4n) is 3.31. The van der Waals surface area contributed by atoms with E-state index in [0.717, 1.165) is 11.8 Å². The van der Waals surface area contributed by atoms with Gasteiger partial charge in [-0.05, 0) is 30.6 Å². The lowest BCUT2D eigenvalue weighted by Crippen LogP contribution is -2.47. The molecule has 0 aromatic heterocycles. The van der Waals surface area contributed by atoms with E-state index in [1.165, 1.54) is 25.7 Å². The maximum absolute atomic E-state index is 3.75. The minimum Gasteiger partial charge on any atom is -0.304 e. The molecule has 0 fully saturated rings. The molecule has 1 heterocycles. The second kappa shape index (κ2) is 6.75. The van der Waals surface area contributed by atoms with Crippen molar-refractivity contribution >= 4 is 0 Å². The molecule has 0 aromatic rings. The second-order valence-electron chi connectivity index (χ2n) is 6.60.